The third kappa shape index (κ3) is 5.57. The lowest BCUT2D eigenvalue weighted by Crippen LogP contribution is -2.27. The summed E-state index contributed by atoms with van der Waals surface area (Å²) in [6.07, 6.45) is 6.56. The Bertz CT molecular complexity index is 905. The first-order valence-corrected chi connectivity index (χ1v) is 9.53. The van der Waals surface area contributed by atoms with E-state index < -0.39 is 18.2 Å². The minimum Gasteiger partial charge on any atom is -0.494 e. The molecule has 1 unspecified atom stereocenters. The quantitative estimate of drug-likeness (QED) is 0.421. The first kappa shape index (κ1) is 22.2. The van der Waals surface area contributed by atoms with Crippen molar-refractivity contribution in [3.63, 3.8) is 0 Å². The fourth-order valence-corrected chi connectivity index (χ4v) is 2.92. The average molecular weight is 434 g/mol. The molecule has 9 nitrogen and oxygen atoms in total. The minimum atomic E-state index is -0.870. The van der Waals surface area contributed by atoms with Gasteiger partial charge < -0.3 is 35.6 Å². The van der Waals surface area contributed by atoms with Gasteiger partial charge in [-0.3, -0.25) is 0 Å². The molecule has 1 aromatic heterocycles. The first-order valence-electron chi connectivity index (χ1n) is 9.53. The number of benzene rings is 1. The van der Waals surface area contributed by atoms with Crippen LogP contribution in [0, 0.1) is 17.0 Å². The van der Waals surface area contributed by atoms with Crippen LogP contribution in [0.4, 0.5) is 14.7 Å². The molecule has 0 bridgehead atoms. The molecule has 1 fully saturated rings. The molecule has 11 heteroatoms. The van der Waals surface area contributed by atoms with Crippen molar-refractivity contribution < 1.29 is 23.0 Å². The normalized spacial score (nSPS) is 16.0. The van der Waals surface area contributed by atoms with Crippen molar-refractivity contribution in [3.05, 3.63) is 47.6 Å². The Morgan fingerprint density at radius 2 is 1.90 bits per heavy atom. The highest BCUT2D eigenvalue weighted by molar-refractivity contribution is 5.79. The van der Waals surface area contributed by atoms with Crippen LogP contribution in [-0.2, 0) is 6.61 Å². The highest BCUT2D eigenvalue weighted by Gasteiger charge is 2.20. The lowest BCUT2D eigenvalue weighted by atomic mass is 10.1. The van der Waals surface area contributed by atoms with E-state index in [9.17, 15) is 8.78 Å². The van der Waals surface area contributed by atoms with E-state index in [1.165, 1.54) is 26.6 Å². The zero-order valence-electron chi connectivity index (χ0n) is 17.2. The number of methoxy groups -OCH3 is 2. The van der Waals surface area contributed by atoms with E-state index in [0.29, 0.717) is 11.7 Å². The summed E-state index contributed by atoms with van der Waals surface area (Å²) in [5, 5.41) is 16.9. The van der Waals surface area contributed by atoms with E-state index in [1.807, 2.05) is 0 Å². The number of nitrogens with one attached hydrogen (secondary N) is 4. The van der Waals surface area contributed by atoms with E-state index in [4.69, 9.17) is 19.6 Å². The van der Waals surface area contributed by atoms with Crippen molar-refractivity contribution in [3.8, 4) is 17.2 Å². The van der Waals surface area contributed by atoms with Gasteiger partial charge in [0.15, 0.2) is 28.9 Å². The summed E-state index contributed by atoms with van der Waals surface area (Å²) in [4.78, 5) is 8.20. The van der Waals surface area contributed by atoms with Crippen LogP contribution in [0.2, 0.25) is 0 Å². The monoisotopic (exact) mass is 434 g/mol. The SMILES string of the molecule is COc1cc(OC)c(F)c(COc2cnc(N/C(C=N)=C/NC3CCNC3)nc2)c1F. The second-order valence-electron chi connectivity index (χ2n) is 6.64. The van der Waals surface area contributed by atoms with Gasteiger partial charge in [0.2, 0.25) is 5.95 Å². The average Bonchev–Trinajstić information content (AvgIpc) is 3.31. The highest BCUT2D eigenvalue weighted by Crippen LogP contribution is 2.31. The molecule has 4 N–H and O–H groups in total. The van der Waals surface area contributed by atoms with Crippen LogP contribution in [0.3, 0.4) is 0 Å². The summed E-state index contributed by atoms with van der Waals surface area (Å²) in [5.74, 6) is -1.59. The van der Waals surface area contributed by atoms with Crippen LogP contribution in [0.5, 0.6) is 17.2 Å². The number of hydrogen-bond acceptors (Lipinski definition) is 9. The number of aromatic nitrogens is 2. The molecule has 2 aromatic rings. The van der Waals surface area contributed by atoms with Crippen molar-refractivity contribution in [1.29, 1.82) is 5.41 Å². The summed E-state index contributed by atoms with van der Waals surface area (Å²) >= 11 is 0. The fraction of sp³-hybridized carbons (Fsp3) is 0.350. The molecule has 1 aromatic carbocycles. The van der Waals surface area contributed by atoms with Crippen molar-refractivity contribution in [1.82, 2.24) is 20.6 Å². The second-order valence-corrected chi connectivity index (χ2v) is 6.64. The van der Waals surface area contributed by atoms with Crippen molar-refractivity contribution in [2.75, 3.05) is 32.6 Å². The standard InChI is InChI=1S/C20H24F2N6O3/c1-29-16-5-17(30-2)19(22)15(18(16)21)11-31-14-9-26-20(27-10-14)28-13(6-23)8-25-12-3-4-24-7-12/h5-6,8-10,12,23-25H,3-4,7,11H2,1-2H3,(H,26,27,28)/b13-8+,23-6?. The topological polar surface area (TPSA) is 113 Å². The molecule has 2 heterocycles. The zero-order valence-corrected chi connectivity index (χ0v) is 17.2. The molecule has 0 spiro atoms. The lowest BCUT2D eigenvalue weighted by molar-refractivity contribution is 0.280. The molecule has 0 amide bonds. The number of rotatable bonds is 10. The maximum Gasteiger partial charge on any atom is 0.227 e. The van der Waals surface area contributed by atoms with Crippen LogP contribution >= 0.6 is 0 Å². The zero-order chi connectivity index (χ0) is 22.2. The summed E-state index contributed by atoms with van der Waals surface area (Å²) in [6, 6.07) is 1.44. The largest absolute Gasteiger partial charge is 0.494 e. The number of ether oxygens (including phenoxy) is 3. The molecule has 1 atom stereocenters. The van der Waals surface area contributed by atoms with Crippen molar-refractivity contribution in [2.24, 2.45) is 0 Å². The molecule has 0 radical (unpaired) electrons. The predicted octanol–water partition coefficient (Wildman–Crippen LogP) is 2.21. The number of allylic oxidation sites excluding steroid dienone is 1. The van der Waals surface area contributed by atoms with Crippen LogP contribution in [0.1, 0.15) is 12.0 Å². The number of anilines is 1. The molecule has 1 aliphatic heterocycles. The van der Waals surface area contributed by atoms with Gasteiger partial charge in [-0.15, -0.1) is 0 Å². The van der Waals surface area contributed by atoms with Crippen LogP contribution in [0.15, 0.2) is 30.4 Å². The second kappa shape index (κ2) is 10.5. The number of nitrogens with zero attached hydrogens (tertiary/aromatic N) is 2. The van der Waals surface area contributed by atoms with Crippen LogP contribution in [-0.4, -0.2) is 49.5 Å². The smallest absolute Gasteiger partial charge is 0.227 e. The Labute approximate surface area is 178 Å². The molecule has 3 rings (SSSR count). The van der Waals surface area contributed by atoms with E-state index in [1.54, 1.807) is 6.20 Å². The number of halogens is 2. The van der Waals surface area contributed by atoms with Crippen LogP contribution in [0.25, 0.3) is 0 Å². The predicted molar refractivity (Wildman–Crippen MR) is 111 cm³/mol. The molecule has 31 heavy (non-hydrogen) atoms. The Kier molecular flexibility index (Phi) is 7.55. The van der Waals surface area contributed by atoms with Gasteiger partial charge in [-0.2, -0.15) is 0 Å². The van der Waals surface area contributed by atoms with E-state index >= 15 is 0 Å². The van der Waals surface area contributed by atoms with Gasteiger partial charge in [-0.1, -0.05) is 0 Å². The maximum absolute atomic E-state index is 14.4. The van der Waals surface area contributed by atoms with Crippen LogP contribution < -0.4 is 30.2 Å². The summed E-state index contributed by atoms with van der Waals surface area (Å²) in [6.45, 7) is 1.41. The van der Waals surface area contributed by atoms with E-state index in [2.05, 4.69) is 25.9 Å². The molecule has 0 saturated carbocycles. The molecular formula is C20H24F2N6O3. The van der Waals surface area contributed by atoms with Gasteiger partial charge in [-0.05, 0) is 13.0 Å². The maximum atomic E-state index is 14.4. The fourth-order valence-electron chi connectivity index (χ4n) is 2.92. The van der Waals surface area contributed by atoms with Gasteiger partial charge in [0.25, 0.3) is 0 Å². The van der Waals surface area contributed by atoms with Gasteiger partial charge in [-0.25, -0.2) is 18.7 Å². The number of hydrogen-bond donors (Lipinski definition) is 4. The van der Waals surface area contributed by atoms with Gasteiger partial charge in [0.1, 0.15) is 6.61 Å². The van der Waals surface area contributed by atoms with Gasteiger partial charge in [0.05, 0.1) is 37.9 Å². The highest BCUT2D eigenvalue weighted by atomic mass is 19.1. The van der Waals surface area contributed by atoms with Crippen molar-refractivity contribution >= 4 is 12.2 Å². The van der Waals surface area contributed by atoms with Crippen molar-refractivity contribution in [2.45, 2.75) is 19.1 Å². The van der Waals surface area contributed by atoms with Gasteiger partial charge in [0, 0.05) is 31.1 Å². The Morgan fingerprint density at radius 3 is 2.45 bits per heavy atom. The molecule has 1 saturated heterocycles. The third-order valence-electron chi connectivity index (χ3n) is 4.62. The Morgan fingerprint density at radius 1 is 1.23 bits per heavy atom. The molecule has 166 valence electrons. The molecular weight excluding hydrogens is 410 g/mol. The summed E-state index contributed by atoms with van der Waals surface area (Å²) in [5.41, 5.74) is 0.146. The molecule has 1 aliphatic rings. The lowest BCUT2D eigenvalue weighted by Gasteiger charge is -2.13. The Balaban J connectivity index is 1.63. The van der Waals surface area contributed by atoms with E-state index in [0.717, 1.165) is 31.8 Å². The summed E-state index contributed by atoms with van der Waals surface area (Å²) < 4.78 is 44.1. The van der Waals surface area contributed by atoms with E-state index in [-0.39, 0.29) is 28.8 Å². The van der Waals surface area contributed by atoms with Gasteiger partial charge >= 0.3 is 0 Å². The summed E-state index contributed by atoms with van der Waals surface area (Å²) in [7, 11) is 2.55. The first-order chi connectivity index (χ1) is 15.0. The third-order valence-corrected chi connectivity index (χ3v) is 4.62. The minimum absolute atomic E-state index is 0.152. The Hall–Kier alpha value is -3.47. The molecule has 0 aliphatic carbocycles.